The summed E-state index contributed by atoms with van der Waals surface area (Å²) in [6.07, 6.45) is 1.18. The second-order valence-corrected chi connectivity index (χ2v) is 13.7. The van der Waals surface area contributed by atoms with Gasteiger partial charge in [-0.25, -0.2) is 27.9 Å². The van der Waals surface area contributed by atoms with E-state index in [2.05, 4.69) is 15.4 Å². The number of rotatable bonds is 4. The standard InChI is InChI=1S/C31H32Cl2F2N6O5/c1-29(2,3)45-27(43)39-12-10-31(15-39,23-20(34)8-7-19(32)24(23)33)37-17-13-18-25(21(35)14-17)36-16-40(26(18)42)22-9-11-41(38-22)28(44)46-30(4,5)6/h7-9,11,13-14,16,37H,10,12,15H2,1-6H3. The smallest absolute Gasteiger partial charge is 0.435 e. The van der Waals surface area contributed by atoms with Crippen molar-refractivity contribution < 1.29 is 27.8 Å². The van der Waals surface area contributed by atoms with Crippen LogP contribution in [0.1, 0.15) is 53.5 Å². The van der Waals surface area contributed by atoms with E-state index < -0.39 is 46.1 Å². The molecule has 1 aliphatic heterocycles. The molecule has 1 fully saturated rings. The molecular formula is C31H32Cl2F2N6O5. The lowest BCUT2D eigenvalue weighted by Gasteiger charge is -2.34. The van der Waals surface area contributed by atoms with Crippen LogP contribution in [0, 0.1) is 11.6 Å². The summed E-state index contributed by atoms with van der Waals surface area (Å²) in [4.78, 5) is 44.6. The van der Waals surface area contributed by atoms with E-state index >= 15 is 8.78 Å². The highest BCUT2D eigenvalue weighted by Crippen LogP contribution is 2.43. The first-order valence-corrected chi connectivity index (χ1v) is 15.0. The van der Waals surface area contributed by atoms with E-state index in [1.807, 2.05) is 0 Å². The van der Waals surface area contributed by atoms with Crippen molar-refractivity contribution in [2.24, 2.45) is 0 Å². The summed E-state index contributed by atoms with van der Waals surface area (Å²) in [5, 5.41) is 7.15. The maximum Gasteiger partial charge on any atom is 0.435 e. The highest BCUT2D eigenvalue weighted by molar-refractivity contribution is 6.42. The number of carbonyl (C=O) groups is 2. The van der Waals surface area contributed by atoms with Gasteiger partial charge in [-0.05, 0) is 72.2 Å². The molecule has 244 valence electrons. The number of fused-ring (bicyclic) bond motifs is 1. The average Bonchev–Trinajstić information content (AvgIpc) is 3.59. The zero-order chi connectivity index (χ0) is 33.8. The van der Waals surface area contributed by atoms with E-state index in [1.54, 1.807) is 41.5 Å². The van der Waals surface area contributed by atoms with Gasteiger partial charge in [-0.2, -0.15) is 4.68 Å². The van der Waals surface area contributed by atoms with Crippen LogP contribution in [0.2, 0.25) is 10.0 Å². The van der Waals surface area contributed by atoms with Crippen molar-refractivity contribution in [1.29, 1.82) is 0 Å². The molecule has 4 aromatic rings. The molecule has 15 heteroatoms. The number of ether oxygens (including phenoxy) is 2. The van der Waals surface area contributed by atoms with Crippen LogP contribution in [0.15, 0.2) is 47.7 Å². The Bertz CT molecular complexity index is 1920. The number of halogens is 4. The summed E-state index contributed by atoms with van der Waals surface area (Å²) in [6.45, 7) is 10.3. The van der Waals surface area contributed by atoms with Gasteiger partial charge in [-0.15, -0.1) is 5.10 Å². The molecule has 5 rings (SSSR count). The molecule has 1 atom stereocenters. The van der Waals surface area contributed by atoms with Gasteiger partial charge in [0.05, 0.1) is 27.5 Å². The Labute approximate surface area is 273 Å². The summed E-state index contributed by atoms with van der Waals surface area (Å²) in [5.41, 5.74) is -3.80. The maximum atomic E-state index is 15.5. The minimum atomic E-state index is -1.39. The fourth-order valence-corrected chi connectivity index (χ4v) is 5.67. The van der Waals surface area contributed by atoms with E-state index in [-0.39, 0.29) is 57.5 Å². The first-order valence-electron chi connectivity index (χ1n) is 14.3. The number of benzene rings is 2. The minimum absolute atomic E-state index is 0.0236. The molecule has 1 N–H and O–H groups in total. The number of nitrogens with zero attached hydrogens (tertiary/aromatic N) is 5. The van der Waals surface area contributed by atoms with Gasteiger partial charge in [-0.1, -0.05) is 23.2 Å². The van der Waals surface area contributed by atoms with E-state index in [0.29, 0.717) is 0 Å². The largest absolute Gasteiger partial charge is 0.444 e. The molecule has 1 unspecified atom stereocenters. The monoisotopic (exact) mass is 676 g/mol. The van der Waals surface area contributed by atoms with Crippen molar-refractivity contribution >= 4 is 52.0 Å². The third-order valence-corrected chi connectivity index (χ3v) is 7.85. The summed E-state index contributed by atoms with van der Waals surface area (Å²) in [7, 11) is 0. The summed E-state index contributed by atoms with van der Waals surface area (Å²) < 4.78 is 43.8. The van der Waals surface area contributed by atoms with E-state index in [0.717, 1.165) is 27.7 Å². The zero-order valence-electron chi connectivity index (χ0n) is 26.0. The second-order valence-electron chi connectivity index (χ2n) is 13.0. The van der Waals surface area contributed by atoms with Crippen molar-refractivity contribution in [3.63, 3.8) is 0 Å². The molecule has 3 heterocycles. The Balaban J connectivity index is 1.57. The van der Waals surface area contributed by atoms with Crippen molar-refractivity contribution in [2.75, 3.05) is 18.4 Å². The molecule has 2 aromatic heterocycles. The SMILES string of the molecule is CC(C)(C)OC(=O)N1CCC(Nc2cc(F)c3ncn(-c4ccn(C(=O)OC(C)(C)C)n4)c(=O)c3c2)(c2c(F)ccc(Cl)c2Cl)C1. The summed E-state index contributed by atoms with van der Waals surface area (Å²) in [5.74, 6) is -1.49. The number of nitrogens with one attached hydrogen (secondary N) is 1. The molecule has 46 heavy (non-hydrogen) atoms. The summed E-state index contributed by atoms with van der Waals surface area (Å²) >= 11 is 12.8. The predicted octanol–water partition coefficient (Wildman–Crippen LogP) is 6.90. The molecule has 1 saturated heterocycles. The average molecular weight is 678 g/mol. The zero-order valence-corrected chi connectivity index (χ0v) is 27.5. The molecule has 0 saturated carbocycles. The lowest BCUT2D eigenvalue weighted by Crippen LogP contribution is -2.42. The highest BCUT2D eigenvalue weighted by Gasteiger charge is 2.46. The number of aromatic nitrogens is 4. The Kier molecular flexibility index (Phi) is 8.54. The van der Waals surface area contributed by atoms with Crippen molar-refractivity contribution in [2.45, 2.75) is 64.7 Å². The van der Waals surface area contributed by atoms with Gasteiger partial charge < -0.3 is 19.7 Å². The van der Waals surface area contributed by atoms with E-state index in [1.165, 1.54) is 29.3 Å². The normalized spacial score (nSPS) is 17.0. The third-order valence-electron chi connectivity index (χ3n) is 7.04. The van der Waals surface area contributed by atoms with Crippen LogP contribution < -0.4 is 10.9 Å². The fourth-order valence-electron chi connectivity index (χ4n) is 5.18. The number of anilines is 1. The molecule has 0 bridgehead atoms. The Morgan fingerprint density at radius 3 is 2.33 bits per heavy atom. The van der Waals surface area contributed by atoms with Crippen molar-refractivity contribution in [3.05, 3.63) is 80.5 Å². The van der Waals surface area contributed by atoms with Crippen LogP contribution in [0.3, 0.4) is 0 Å². The van der Waals surface area contributed by atoms with E-state index in [9.17, 15) is 14.4 Å². The minimum Gasteiger partial charge on any atom is -0.444 e. The fraction of sp³-hybridized carbons (Fsp3) is 0.387. The lowest BCUT2D eigenvalue weighted by molar-refractivity contribution is 0.0285. The number of amides is 1. The maximum absolute atomic E-state index is 15.5. The first-order chi connectivity index (χ1) is 21.4. The quantitative estimate of drug-likeness (QED) is 0.232. The number of hydrogen-bond acceptors (Lipinski definition) is 8. The second kappa shape index (κ2) is 11.8. The molecule has 1 aliphatic rings. The Morgan fingerprint density at radius 2 is 1.65 bits per heavy atom. The molecule has 0 radical (unpaired) electrons. The molecule has 0 aliphatic carbocycles. The van der Waals surface area contributed by atoms with Gasteiger partial charge in [-0.3, -0.25) is 4.79 Å². The van der Waals surface area contributed by atoms with Crippen LogP contribution >= 0.6 is 23.2 Å². The molecule has 2 aromatic carbocycles. The van der Waals surface area contributed by atoms with Gasteiger partial charge in [0, 0.05) is 30.1 Å². The topological polar surface area (TPSA) is 121 Å². The van der Waals surface area contributed by atoms with Crippen LogP contribution in [0.5, 0.6) is 0 Å². The van der Waals surface area contributed by atoms with Gasteiger partial charge in [0.15, 0.2) is 11.6 Å². The van der Waals surface area contributed by atoms with Gasteiger partial charge >= 0.3 is 12.2 Å². The molecule has 0 spiro atoms. The van der Waals surface area contributed by atoms with Crippen LogP contribution in [-0.4, -0.2) is 60.7 Å². The third kappa shape index (κ3) is 6.66. The van der Waals surface area contributed by atoms with Gasteiger partial charge in [0.1, 0.15) is 28.9 Å². The molecule has 1 amide bonds. The highest BCUT2D eigenvalue weighted by atomic mass is 35.5. The van der Waals surface area contributed by atoms with Crippen LogP contribution in [-0.2, 0) is 15.0 Å². The van der Waals surface area contributed by atoms with Crippen LogP contribution in [0.4, 0.5) is 24.1 Å². The Morgan fingerprint density at radius 1 is 0.978 bits per heavy atom. The summed E-state index contributed by atoms with van der Waals surface area (Å²) in [6, 6.07) is 6.35. The molecule has 11 nitrogen and oxygen atoms in total. The van der Waals surface area contributed by atoms with Crippen molar-refractivity contribution in [3.8, 4) is 5.82 Å². The van der Waals surface area contributed by atoms with Crippen LogP contribution in [0.25, 0.3) is 16.7 Å². The lowest BCUT2D eigenvalue weighted by atomic mass is 9.87. The Hall–Kier alpha value is -4.23. The van der Waals surface area contributed by atoms with Gasteiger partial charge in [0.25, 0.3) is 5.56 Å². The predicted molar refractivity (Wildman–Crippen MR) is 169 cm³/mol. The first kappa shape index (κ1) is 33.1. The van der Waals surface area contributed by atoms with Gasteiger partial charge in [0.2, 0.25) is 0 Å². The number of likely N-dealkylation sites (tertiary alicyclic amines) is 1. The number of hydrogen-bond donors (Lipinski definition) is 1. The molecular weight excluding hydrogens is 645 g/mol. The number of carbonyl (C=O) groups excluding carboxylic acids is 2. The van der Waals surface area contributed by atoms with E-state index in [4.69, 9.17) is 32.7 Å². The van der Waals surface area contributed by atoms with Crippen molar-refractivity contribution in [1.82, 2.24) is 24.2 Å².